The molecule has 4 aromatic rings. The van der Waals surface area contributed by atoms with E-state index in [4.69, 9.17) is 9.72 Å². The largest absolute Gasteiger partial charge is 0.494 e. The molecule has 0 saturated heterocycles. The monoisotopic (exact) mass is 570 g/mol. The van der Waals surface area contributed by atoms with Crippen molar-refractivity contribution < 1.29 is 14.3 Å². The predicted octanol–water partition coefficient (Wildman–Crippen LogP) is 3.97. The van der Waals surface area contributed by atoms with E-state index < -0.39 is 5.91 Å². The molecule has 0 saturated carbocycles. The first-order chi connectivity index (χ1) is 20.1. The fourth-order valence-corrected chi connectivity index (χ4v) is 4.43. The summed E-state index contributed by atoms with van der Waals surface area (Å²) in [4.78, 5) is 39.6. The lowest BCUT2D eigenvalue weighted by Crippen LogP contribution is -2.29. The molecule has 0 aliphatic rings. The molecule has 42 heavy (non-hydrogen) atoms. The fraction of sp³-hybridized carbons (Fsp3) is 0.290. The maximum Gasteiger partial charge on any atom is 0.248 e. The molecule has 0 spiro atoms. The highest BCUT2D eigenvalue weighted by Gasteiger charge is 2.17. The van der Waals surface area contributed by atoms with Crippen LogP contribution in [0.15, 0.2) is 67.0 Å². The van der Waals surface area contributed by atoms with Crippen LogP contribution in [-0.4, -0.2) is 91.6 Å². The zero-order chi connectivity index (χ0) is 30.4. The highest BCUT2D eigenvalue weighted by atomic mass is 16.5. The van der Waals surface area contributed by atoms with Crippen molar-refractivity contribution in [3.63, 3.8) is 0 Å². The Morgan fingerprint density at radius 3 is 2.48 bits per heavy atom. The molecule has 11 nitrogen and oxygen atoms in total. The summed E-state index contributed by atoms with van der Waals surface area (Å²) in [5.74, 6) is 0.213. The van der Waals surface area contributed by atoms with Gasteiger partial charge >= 0.3 is 0 Å². The van der Waals surface area contributed by atoms with E-state index in [1.807, 2.05) is 57.4 Å². The first kappa shape index (κ1) is 30.1. The van der Waals surface area contributed by atoms with Crippen molar-refractivity contribution in [2.24, 2.45) is 7.05 Å². The molecule has 220 valence electrons. The molecule has 0 unspecified atom stereocenters. The number of hydrogen-bond acceptors (Lipinski definition) is 8. The second-order valence-corrected chi connectivity index (χ2v) is 10.4. The number of amides is 2. The third-order valence-corrected chi connectivity index (χ3v) is 6.76. The minimum Gasteiger partial charge on any atom is -0.494 e. The van der Waals surface area contributed by atoms with Gasteiger partial charge in [-0.1, -0.05) is 18.2 Å². The molecule has 0 fully saturated rings. The minimum atomic E-state index is -0.433. The zero-order valence-electron chi connectivity index (χ0n) is 25.2. The van der Waals surface area contributed by atoms with Crippen molar-refractivity contribution in [2.45, 2.75) is 0 Å². The van der Waals surface area contributed by atoms with E-state index in [0.29, 0.717) is 29.6 Å². The second-order valence-electron chi connectivity index (χ2n) is 10.4. The Hall–Kier alpha value is -4.90. The lowest BCUT2D eigenvalue weighted by molar-refractivity contribution is -0.124. The van der Waals surface area contributed by atoms with Crippen LogP contribution in [-0.2, 0) is 16.6 Å². The van der Waals surface area contributed by atoms with Crippen LogP contribution in [0.5, 0.6) is 5.75 Å². The van der Waals surface area contributed by atoms with Crippen LogP contribution in [0.25, 0.3) is 22.2 Å². The van der Waals surface area contributed by atoms with Crippen LogP contribution >= 0.6 is 0 Å². The summed E-state index contributed by atoms with van der Waals surface area (Å²) in [6.07, 6.45) is 6.22. The standard InChI is InChI=1S/C31H38N8O3/c1-36(2)16-17-38(5)27-19-28(42-7)25(18-24(27)33-29(40)12-13-30(41)37(3)4)35-31-32-15-14-23(34-31)22-20-39(6)26-11-9-8-10-21(22)26/h8-15,18-20H,16-17H2,1-7H3,(H,33,40)(H,32,34,35)/b13-12+. The van der Waals surface area contributed by atoms with Crippen LogP contribution in [0.4, 0.5) is 23.0 Å². The van der Waals surface area contributed by atoms with E-state index in [2.05, 4.69) is 43.4 Å². The van der Waals surface area contributed by atoms with Gasteiger partial charge in [-0.05, 0) is 32.3 Å². The summed E-state index contributed by atoms with van der Waals surface area (Å²) in [6.45, 7) is 1.51. The van der Waals surface area contributed by atoms with Crippen LogP contribution in [0, 0.1) is 0 Å². The number of aryl methyl sites for hydroxylation is 1. The summed E-state index contributed by atoms with van der Waals surface area (Å²) in [5.41, 5.74) is 4.74. The van der Waals surface area contributed by atoms with E-state index in [1.54, 1.807) is 33.5 Å². The number of para-hydroxylation sites is 1. The minimum absolute atomic E-state index is 0.284. The molecule has 0 aliphatic carbocycles. The van der Waals surface area contributed by atoms with Gasteiger partial charge in [0.25, 0.3) is 0 Å². The van der Waals surface area contributed by atoms with Gasteiger partial charge < -0.3 is 34.6 Å². The molecule has 2 aromatic heterocycles. The van der Waals surface area contributed by atoms with Crippen molar-refractivity contribution in [1.82, 2.24) is 24.3 Å². The number of fused-ring (bicyclic) bond motifs is 1. The van der Waals surface area contributed by atoms with Gasteiger partial charge in [0, 0.05) is 88.4 Å². The quantitative estimate of drug-likeness (QED) is 0.261. The second kappa shape index (κ2) is 13.2. The molecule has 0 aliphatic heterocycles. The average Bonchev–Trinajstić information content (AvgIpc) is 3.31. The van der Waals surface area contributed by atoms with Gasteiger partial charge in [0.1, 0.15) is 5.75 Å². The molecular weight excluding hydrogens is 532 g/mol. The van der Waals surface area contributed by atoms with Crippen LogP contribution in [0.3, 0.4) is 0 Å². The van der Waals surface area contributed by atoms with E-state index in [-0.39, 0.29) is 5.91 Å². The first-order valence-electron chi connectivity index (χ1n) is 13.5. The Bertz CT molecular complexity index is 1610. The van der Waals surface area contributed by atoms with E-state index in [0.717, 1.165) is 34.4 Å². The maximum absolute atomic E-state index is 12.8. The number of ether oxygens (including phenoxy) is 1. The molecule has 2 heterocycles. The SMILES string of the molecule is COc1cc(N(C)CCN(C)C)c(NC(=O)/C=C/C(=O)N(C)C)cc1Nc1nccc(-c2cn(C)c3ccccc23)n1. The maximum atomic E-state index is 12.8. The number of aromatic nitrogens is 3. The van der Waals surface area contributed by atoms with Crippen molar-refractivity contribution in [1.29, 1.82) is 0 Å². The number of benzene rings is 2. The van der Waals surface area contributed by atoms with Gasteiger partial charge in [0.2, 0.25) is 17.8 Å². The molecular formula is C31H38N8O3. The van der Waals surface area contributed by atoms with Gasteiger partial charge in [-0.15, -0.1) is 0 Å². The number of methoxy groups -OCH3 is 1. The van der Waals surface area contributed by atoms with Crippen molar-refractivity contribution in [3.05, 3.63) is 67.0 Å². The number of carbonyl (C=O) groups excluding carboxylic acids is 2. The number of nitrogens with one attached hydrogen (secondary N) is 2. The summed E-state index contributed by atoms with van der Waals surface area (Å²) < 4.78 is 7.81. The number of anilines is 4. The summed E-state index contributed by atoms with van der Waals surface area (Å²) in [5, 5.41) is 7.29. The number of nitrogens with zero attached hydrogens (tertiary/aromatic N) is 6. The Morgan fingerprint density at radius 1 is 1.00 bits per heavy atom. The number of carbonyl (C=O) groups is 2. The molecule has 4 rings (SSSR count). The van der Waals surface area contributed by atoms with Crippen molar-refractivity contribution >= 4 is 45.7 Å². The van der Waals surface area contributed by atoms with Crippen molar-refractivity contribution in [3.8, 4) is 17.0 Å². The fourth-order valence-electron chi connectivity index (χ4n) is 4.43. The lowest BCUT2D eigenvalue weighted by Gasteiger charge is -2.26. The zero-order valence-corrected chi connectivity index (χ0v) is 25.2. The molecule has 0 radical (unpaired) electrons. The third kappa shape index (κ3) is 7.05. The topological polar surface area (TPSA) is 108 Å². The van der Waals surface area contributed by atoms with E-state index in [1.165, 1.54) is 17.1 Å². The van der Waals surface area contributed by atoms with Gasteiger partial charge in [-0.25, -0.2) is 9.97 Å². The summed E-state index contributed by atoms with van der Waals surface area (Å²) >= 11 is 0. The molecule has 2 amide bonds. The molecule has 2 aromatic carbocycles. The molecule has 2 N–H and O–H groups in total. The normalized spacial score (nSPS) is 11.2. The molecule has 0 bridgehead atoms. The van der Waals surface area contributed by atoms with Gasteiger partial charge in [0.15, 0.2) is 0 Å². The predicted molar refractivity (Wildman–Crippen MR) is 169 cm³/mol. The smallest absolute Gasteiger partial charge is 0.248 e. The molecule has 11 heteroatoms. The Labute approximate surface area is 246 Å². The summed E-state index contributed by atoms with van der Waals surface area (Å²) in [7, 11) is 12.8. The van der Waals surface area contributed by atoms with Crippen LogP contribution < -0.4 is 20.3 Å². The van der Waals surface area contributed by atoms with Crippen molar-refractivity contribution in [2.75, 3.05) is 71.0 Å². The highest BCUT2D eigenvalue weighted by molar-refractivity contribution is 6.05. The van der Waals surface area contributed by atoms with Gasteiger partial charge in [0.05, 0.1) is 29.9 Å². The average molecular weight is 571 g/mol. The van der Waals surface area contributed by atoms with Crippen LogP contribution in [0.2, 0.25) is 0 Å². The number of likely N-dealkylation sites (N-methyl/N-ethyl adjacent to an activating group) is 3. The van der Waals surface area contributed by atoms with Gasteiger partial charge in [-0.3, -0.25) is 9.59 Å². The van der Waals surface area contributed by atoms with Gasteiger partial charge in [-0.2, -0.15) is 0 Å². The lowest BCUT2D eigenvalue weighted by atomic mass is 10.1. The summed E-state index contributed by atoms with van der Waals surface area (Å²) in [6, 6.07) is 13.7. The Balaban J connectivity index is 1.69. The first-order valence-corrected chi connectivity index (χ1v) is 13.5. The Kier molecular flexibility index (Phi) is 9.43. The number of hydrogen-bond donors (Lipinski definition) is 2. The van der Waals surface area contributed by atoms with E-state index in [9.17, 15) is 9.59 Å². The van der Waals surface area contributed by atoms with Crippen LogP contribution in [0.1, 0.15) is 0 Å². The third-order valence-electron chi connectivity index (χ3n) is 6.76. The van der Waals surface area contributed by atoms with E-state index >= 15 is 0 Å². The highest BCUT2D eigenvalue weighted by Crippen LogP contribution is 2.38. The number of rotatable bonds is 11. The molecule has 0 atom stereocenters. The Morgan fingerprint density at radius 2 is 1.76 bits per heavy atom.